The van der Waals surface area contributed by atoms with Crippen LogP contribution in [-0.4, -0.2) is 33.4 Å². The van der Waals surface area contributed by atoms with E-state index >= 15 is 0 Å². The molecule has 1 atom stereocenters. The number of carbonyl (C=O) groups is 1. The average Bonchev–Trinajstić information content (AvgIpc) is 3.50. The molecule has 3 heterocycles. The van der Waals surface area contributed by atoms with E-state index in [1.54, 1.807) is 29.2 Å². The topological polar surface area (TPSA) is 108 Å². The van der Waals surface area contributed by atoms with Crippen LogP contribution >= 0.6 is 11.6 Å². The lowest BCUT2D eigenvalue weighted by Crippen LogP contribution is -2.41. The third-order valence-electron chi connectivity index (χ3n) is 6.67. The number of amides is 1. The number of nitrogens with two attached hydrogens (primary N) is 1. The summed E-state index contributed by atoms with van der Waals surface area (Å²) in [5.41, 5.74) is 7.58. The van der Waals surface area contributed by atoms with Crippen molar-refractivity contribution in [2.75, 3.05) is 13.1 Å². The molecule has 0 saturated carbocycles. The molecule has 0 radical (unpaired) electrons. The van der Waals surface area contributed by atoms with Gasteiger partial charge in [0.15, 0.2) is 5.22 Å². The molecule has 0 aliphatic carbocycles. The first-order chi connectivity index (χ1) is 18.8. The van der Waals surface area contributed by atoms with E-state index in [2.05, 4.69) is 0 Å². The van der Waals surface area contributed by atoms with E-state index in [1.807, 2.05) is 26.0 Å². The first-order valence-electron chi connectivity index (χ1n) is 12.7. The van der Waals surface area contributed by atoms with Crippen molar-refractivity contribution in [3.8, 4) is 0 Å². The maximum absolute atomic E-state index is 14.2. The second-order valence-corrected chi connectivity index (χ2v) is 9.82. The highest BCUT2D eigenvalue weighted by molar-refractivity contribution is 6.28. The minimum absolute atomic E-state index is 0.00460. The third-order valence-corrected chi connectivity index (χ3v) is 6.88. The second kappa shape index (κ2) is 11.0. The third kappa shape index (κ3) is 5.20. The molecule has 5 rings (SSSR count). The smallest absolute Gasteiger partial charge is 0.297 e. The molecule has 0 aliphatic heterocycles. The molecule has 1 amide bonds. The van der Waals surface area contributed by atoms with Crippen molar-refractivity contribution in [1.82, 2.24) is 14.5 Å². The van der Waals surface area contributed by atoms with Gasteiger partial charge in [0, 0.05) is 24.0 Å². The largest absolute Gasteiger partial charge is 0.448 e. The molecule has 0 saturated heterocycles. The molecule has 0 fully saturated rings. The maximum Gasteiger partial charge on any atom is 0.297 e. The van der Waals surface area contributed by atoms with Crippen LogP contribution in [0.3, 0.4) is 0 Å². The van der Waals surface area contributed by atoms with Crippen LogP contribution in [0.4, 0.5) is 4.39 Å². The lowest BCUT2D eigenvalue weighted by Gasteiger charge is -2.32. The first-order valence-corrected chi connectivity index (χ1v) is 13.1. The molecular formula is C29H28ClFN4O4. The van der Waals surface area contributed by atoms with Crippen molar-refractivity contribution in [2.24, 2.45) is 5.73 Å². The SMILES string of the molecule is CCC[C@H](c1nc2c(oc3ccc(F)cc32)c(=O)n1Cc1ccc(Cl)o1)N(CCN)C(=O)c1ccc(C)cc1. The van der Waals surface area contributed by atoms with Crippen LogP contribution in [0.5, 0.6) is 0 Å². The summed E-state index contributed by atoms with van der Waals surface area (Å²) in [5, 5.41) is 0.555. The number of benzene rings is 2. The lowest BCUT2D eigenvalue weighted by molar-refractivity contribution is 0.0658. The van der Waals surface area contributed by atoms with Crippen LogP contribution in [0.2, 0.25) is 5.22 Å². The van der Waals surface area contributed by atoms with Gasteiger partial charge in [-0.2, -0.15) is 0 Å². The second-order valence-electron chi connectivity index (χ2n) is 9.45. The summed E-state index contributed by atoms with van der Waals surface area (Å²) in [5.74, 6) is 0.0381. The molecule has 10 heteroatoms. The van der Waals surface area contributed by atoms with E-state index < -0.39 is 17.4 Å². The van der Waals surface area contributed by atoms with E-state index in [4.69, 9.17) is 31.2 Å². The number of nitrogens with zero attached hydrogens (tertiary/aromatic N) is 3. The molecule has 202 valence electrons. The van der Waals surface area contributed by atoms with Crippen molar-refractivity contribution < 1.29 is 18.0 Å². The van der Waals surface area contributed by atoms with Gasteiger partial charge in [-0.1, -0.05) is 31.0 Å². The van der Waals surface area contributed by atoms with Gasteiger partial charge in [-0.25, -0.2) is 9.37 Å². The van der Waals surface area contributed by atoms with E-state index in [9.17, 15) is 14.0 Å². The standard InChI is InChI=1S/C29H28ClFN4O4/c1-3-4-22(34(14-13-32)28(36)18-7-5-17(2)6-8-18)27-33-25-21-15-19(31)9-11-23(21)39-26(25)29(37)35(27)16-20-10-12-24(30)38-20/h5-12,15,22H,3-4,13-14,16,32H2,1-2H3/t22-/m1/s1. The molecule has 2 aromatic carbocycles. The summed E-state index contributed by atoms with van der Waals surface area (Å²) < 4.78 is 27.0. The molecule has 0 bridgehead atoms. The molecule has 0 aliphatic rings. The quantitative estimate of drug-likeness (QED) is 0.247. The molecule has 39 heavy (non-hydrogen) atoms. The number of hydrogen-bond acceptors (Lipinski definition) is 6. The van der Waals surface area contributed by atoms with Crippen molar-refractivity contribution >= 4 is 39.6 Å². The van der Waals surface area contributed by atoms with Gasteiger partial charge in [0.2, 0.25) is 5.58 Å². The Kier molecular flexibility index (Phi) is 7.54. The van der Waals surface area contributed by atoms with E-state index in [-0.39, 0.29) is 41.9 Å². The summed E-state index contributed by atoms with van der Waals surface area (Å²) in [7, 11) is 0. The summed E-state index contributed by atoms with van der Waals surface area (Å²) in [6.45, 7) is 4.38. The number of fused-ring (bicyclic) bond motifs is 3. The van der Waals surface area contributed by atoms with Crippen molar-refractivity contribution in [2.45, 2.75) is 39.3 Å². The highest BCUT2D eigenvalue weighted by Gasteiger charge is 2.31. The zero-order valence-corrected chi connectivity index (χ0v) is 22.4. The Morgan fingerprint density at radius 1 is 1.15 bits per heavy atom. The number of furan rings is 2. The monoisotopic (exact) mass is 550 g/mol. The average molecular weight is 551 g/mol. The predicted molar refractivity (Wildman–Crippen MR) is 147 cm³/mol. The van der Waals surface area contributed by atoms with Gasteiger partial charge in [0.25, 0.3) is 11.5 Å². The molecule has 0 spiro atoms. The Bertz CT molecular complexity index is 1710. The number of aryl methyl sites for hydroxylation is 1. The Hall–Kier alpha value is -3.95. The van der Waals surface area contributed by atoms with Gasteiger partial charge in [-0.3, -0.25) is 14.2 Å². The van der Waals surface area contributed by atoms with Crippen LogP contribution in [0.25, 0.3) is 22.1 Å². The Labute approximate surface area is 228 Å². The zero-order valence-electron chi connectivity index (χ0n) is 21.6. The van der Waals surface area contributed by atoms with Gasteiger partial charge >= 0.3 is 0 Å². The maximum atomic E-state index is 14.2. The number of halogens is 2. The fraction of sp³-hybridized carbons (Fsp3) is 0.276. The summed E-state index contributed by atoms with van der Waals surface area (Å²) in [4.78, 5) is 34.3. The Balaban J connectivity index is 1.74. The Morgan fingerprint density at radius 3 is 2.59 bits per heavy atom. The van der Waals surface area contributed by atoms with Gasteiger partial charge in [0.05, 0.1) is 12.6 Å². The van der Waals surface area contributed by atoms with Gasteiger partial charge in [-0.15, -0.1) is 0 Å². The van der Waals surface area contributed by atoms with Crippen LogP contribution < -0.4 is 11.3 Å². The zero-order chi connectivity index (χ0) is 27.7. The fourth-order valence-corrected chi connectivity index (χ4v) is 4.97. The van der Waals surface area contributed by atoms with E-state index in [1.165, 1.54) is 22.8 Å². The Morgan fingerprint density at radius 2 is 1.92 bits per heavy atom. The number of hydrogen-bond donors (Lipinski definition) is 1. The van der Waals surface area contributed by atoms with Crippen LogP contribution in [0, 0.1) is 12.7 Å². The molecule has 2 N–H and O–H groups in total. The highest BCUT2D eigenvalue weighted by atomic mass is 35.5. The number of aromatic nitrogens is 2. The summed E-state index contributed by atoms with van der Waals surface area (Å²) in [6.07, 6.45) is 1.19. The first kappa shape index (κ1) is 26.6. The van der Waals surface area contributed by atoms with E-state index in [0.717, 1.165) is 5.56 Å². The molecule has 8 nitrogen and oxygen atoms in total. The minimum Gasteiger partial charge on any atom is -0.448 e. The van der Waals surface area contributed by atoms with Crippen molar-refractivity contribution in [3.05, 3.63) is 98.7 Å². The van der Waals surface area contributed by atoms with Crippen LogP contribution in [0.15, 0.2) is 68.2 Å². The molecular weight excluding hydrogens is 523 g/mol. The van der Waals surface area contributed by atoms with Crippen molar-refractivity contribution in [1.29, 1.82) is 0 Å². The predicted octanol–water partition coefficient (Wildman–Crippen LogP) is 5.83. The van der Waals surface area contributed by atoms with Crippen molar-refractivity contribution in [3.63, 3.8) is 0 Å². The fourth-order valence-electron chi connectivity index (χ4n) is 4.81. The van der Waals surface area contributed by atoms with Crippen LogP contribution in [-0.2, 0) is 6.54 Å². The number of carbonyl (C=O) groups excluding carboxylic acids is 1. The van der Waals surface area contributed by atoms with Gasteiger partial charge < -0.3 is 19.5 Å². The van der Waals surface area contributed by atoms with Gasteiger partial charge in [-0.05, 0) is 67.4 Å². The molecule has 5 aromatic rings. The van der Waals surface area contributed by atoms with Gasteiger partial charge in [0.1, 0.15) is 28.5 Å². The summed E-state index contributed by atoms with van der Waals surface area (Å²) >= 11 is 6.00. The van der Waals surface area contributed by atoms with Crippen LogP contribution in [0.1, 0.15) is 53.3 Å². The molecule has 3 aromatic heterocycles. The minimum atomic E-state index is -0.617. The lowest BCUT2D eigenvalue weighted by atomic mass is 10.1. The van der Waals surface area contributed by atoms with E-state index in [0.29, 0.717) is 41.0 Å². The normalized spacial score (nSPS) is 12.3. The number of rotatable bonds is 9. The summed E-state index contributed by atoms with van der Waals surface area (Å²) in [6, 6.07) is 13.9. The molecule has 0 unspecified atom stereocenters. The highest BCUT2D eigenvalue weighted by Crippen LogP contribution is 2.31.